The lowest BCUT2D eigenvalue weighted by Crippen LogP contribution is -2.34. The highest BCUT2D eigenvalue weighted by atomic mass is 16.7. The normalized spacial score (nSPS) is 30.0. The van der Waals surface area contributed by atoms with Gasteiger partial charge >= 0.3 is 0 Å². The molecule has 4 rings (SSSR count). The molecule has 2 aliphatic heterocycles. The Labute approximate surface area is 220 Å². The lowest BCUT2D eigenvalue weighted by Gasteiger charge is -2.37. The molecule has 3 aliphatic rings. The van der Waals surface area contributed by atoms with Crippen LogP contribution in [0.1, 0.15) is 115 Å². The van der Waals surface area contributed by atoms with E-state index in [4.69, 9.17) is 18.9 Å². The molecule has 0 N–H and O–H groups in total. The Morgan fingerprint density at radius 2 is 1.67 bits per heavy atom. The fraction of sp³-hybridized carbons (Fsp3) is 0.750. The molecule has 0 amide bonds. The van der Waals surface area contributed by atoms with Crippen molar-refractivity contribution in [2.45, 2.75) is 135 Å². The predicted octanol–water partition coefficient (Wildman–Crippen LogP) is 8.23. The van der Waals surface area contributed by atoms with Crippen LogP contribution in [0.25, 0.3) is 6.08 Å². The molecule has 0 bridgehead atoms. The average Bonchev–Trinajstić information content (AvgIpc) is 2.88. The summed E-state index contributed by atoms with van der Waals surface area (Å²) in [6.45, 7) is 8.53. The van der Waals surface area contributed by atoms with E-state index >= 15 is 0 Å². The molecule has 1 aliphatic carbocycles. The Bertz CT molecular complexity index is 796. The first kappa shape index (κ1) is 27.8. The first-order chi connectivity index (χ1) is 17.4. The zero-order valence-electron chi connectivity index (χ0n) is 23.1. The lowest BCUT2D eigenvalue weighted by atomic mass is 9.74. The summed E-state index contributed by atoms with van der Waals surface area (Å²) in [5, 5.41) is 0. The van der Waals surface area contributed by atoms with Crippen LogP contribution < -0.4 is 0 Å². The van der Waals surface area contributed by atoms with Crippen molar-refractivity contribution in [3.8, 4) is 0 Å². The minimum atomic E-state index is -0.116. The fourth-order valence-electron chi connectivity index (χ4n) is 5.84. The molecule has 36 heavy (non-hydrogen) atoms. The Hall–Kier alpha value is -1.20. The van der Waals surface area contributed by atoms with Crippen molar-refractivity contribution >= 4 is 6.08 Å². The third-order valence-electron chi connectivity index (χ3n) is 8.27. The number of aryl methyl sites for hydroxylation is 1. The van der Waals surface area contributed by atoms with E-state index in [1.165, 1.54) is 62.5 Å². The molecule has 4 heteroatoms. The van der Waals surface area contributed by atoms with Crippen LogP contribution in [-0.2, 0) is 25.4 Å². The van der Waals surface area contributed by atoms with E-state index in [1.807, 2.05) is 0 Å². The molecule has 4 nitrogen and oxygen atoms in total. The fourth-order valence-corrected chi connectivity index (χ4v) is 5.84. The van der Waals surface area contributed by atoms with Crippen LogP contribution in [-0.4, -0.2) is 37.5 Å². The third kappa shape index (κ3) is 9.28. The molecule has 2 unspecified atom stereocenters. The van der Waals surface area contributed by atoms with E-state index in [2.05, 4.69) is 57.2 Å². The second-order valence-electron chi connectivity index (χ2n) is 12.2. The number of ether oxygens (including phenoxy) is 4. The summed E-state index contributed by atoms with van der Waals surface area (Å²) < 4.78 is 24.1. The van der Waals surface area contributed by atoms with Crippen molar-refractivity contribution in [1.29, 1.82) is 0 Å². The topological polar surface area (TPSA) is 36.9 Å². The zero-order chi connectivity index (χ0) is 25.3. The van der Waals surface area contributed by atoms with Crippen molar-refractivity contribution in [1.82, 2.24) is 0 Å². The number of unbranched alkanes of at least 4 members (excludes halogenated alkanes) is 1. The van der Waals surface area contributed by atoms with E-state index in [0.29, 0.717) is 6.10 Å². The van der Waals surface area contributed by atoms with Gasteiger partial charge in [0.25, 0.3) is 0 Å². The second-order valence-corrected chi connectivity index (χ2v) is 12.2. The maximum atomic E-state index is 6.25. The highest BCUT2D eigenvalue weighted by Gasteiger charge is 2.31. The molecule has 0 spiro atoms. The molecule has 0 aromatic heterocycles. The van der Waals surface area contributed by atoms with Crippen LogP contribution in [0.4, 0.5) is 0 Å². The van der Waals surface area contributed by atoms with Gasteiger partial charge in [-0.3, -0.25) is 0 Å². The van der Waals surface area contributed by atoms with Gasteiger partial charge in [0.2, 0.25) is 0 Å². The molecule has 1 aromatic rings. The van der Waals surface area contributed by atoms with Gasteiger partial charge in [0.1, 0.15) is 0 Å². The van der Waals surface area contributed by atoms with Crippen LogP contribution in [0.2, 0.25) is 0 Å². The minimum Gasteiger partial charge on any atom is -0.353 e. The quantitative estimate of drug-likeness (QED) is 0.288. The maximum Gasteiger partial charge on any atom is 0.158 e. The monoisotopic (exact) mass is 498 g/mol. The summed E-state index contributed by atoms with van der Waals surface area (Å²) in [5.41, 5.74) is 2.90. The molecule has 2 heterocycles. The molecular formula is C32H50O4. The summed E-state index contributed by atoms with van der Waals surface area (Å²) in [4.78, 5) is 0. The summed E-state index contributed by atoms with van der Waals surface area (Å²) in [6, 6.07) is 9.08. The van der Waals surface area contributed by atoms with Gasteiger partial charge in [-0.25, -0.2) is 0 Å². The number of benzene rings is 1. The van der Waals surface area contributed by atoms with E-state index in [1.54, 1.807) is 0 Å². The van der Waals surface area contributed by atoms with Crippen LogP contribution in [0.5, 0.6) is 0 Å². The van der Waals surface area contributed by atoms with Crippen LogP contribution in [0.15, 0.2) is 30.3 Å². The second kappa shape index (κ2) is 13.6. The Kier molecular flexibility index (Phi) is 10.5. The SMILES string of the molecule is CC1(/C=C/c2cccc(CCCCC(C)(C)OC3CCCCO3)c2)CCC(OC2CCCCO2)CC1. The van der Waals surface area contributed by atoms with Gasteiger partial charge in [-0.05, 0) is 114 Å². The molecular weight excluding hydrogens is 448 g/mol. The van der Waals surface area contributed by atoms with Gasteiger partial charge < -0.3 is 18.9 Å². The smallest absolute Gasteiger partial charge is 0.158 e. The van der Waals surface area contributed by atoms with Crippen molar-refractivity contribution in [2.24, 2.45) is 5.41 Å². The molecule has 1 aromatic carbocycles. The van der Waals surface area contributed by atoms with Crippen LogP contribution in [0.3, 0.4) is 0 Å². The van der Waals surface area contributed by atoms with Crippen molar-refractivity contribution < 1.29 is 18.9 Å². The van der Waals surface area contributed by atoms with Gasteiger partial charge in [-0.15, -0.1) is 0 Å². The molecule has 3 fully saturated rings. The Balaban J connectivity index is 1.17. The van der Waals surface area contributed by atoms with Crippen LogP contribution >= 0.6 is 0 Å². The first-order valence-corrected chi connectivity index (χ1v) is 14.7. The van der Waals surface area contributed by atoms with Gasteiger partial charge in [0, 0.05) is 13.2 Å². The highest BCUT2D eigenvalue weighted by molar-refractivity contribution is 5.51. The first-order valence-electron chi connectivity index (χ1n) is 14.7. The van der Waals surface area contributed by atoms with E-state index in [9.17, 15) is 0 Å². The minimum absolute atomic E-state index is 0.00689. The van der Waals surface area contributed by atoms with Crippen LogP contribution in [0, 0.1) is 5.41 Å². The maximum absolute atomic E-state index is 6.25. The Morgan fingerprint density at radius 3 is 2.36 bits per heavy atom. The zero-order valence-corrected chi connectivity index (χ0v) is 23.1. The summed E-state index contributed by atoms with van der Waals surface area (Å²) >= 11 is 0. The summed E-state index contributed by atoms with van der Waals surface area (Å²) in [7, 11) is 0. The van der Waals surface area contributed by atoms with E-state index in [-0.39, 0.29) is 23.6 Å². The number of hydrogen-bond acceptors (Lipinski definition) is 4. The number of rotatable bonds is 11. The summed E-state index contributed by atoms with van der Waals surface area (Å²) in [5.74, 6) is 0. The Morgan fingerprint density at radius 1 is 0.944 bits per heavy atom. The molecule has 1 saturated carbocycles. The largest absolute Gasteiger partial charge is 0.353 e. The summed E-state index contributed by atoms with van der Waals surface area (Å²) in [6.07, 6.45) is 21.3. The third-order valence-corrected chi connectivity index (χ3v) is 8.27. The van der Waals surface area contributed by atoms with Gasteiger partial charge in [0.15, 0.2) is 12.6 Å². The molecule has 2 atom stereocenters. The number of hydrogen-bond donors (Lipinski definition) is 0. The van der Waals surface area contributed by atoms with E-state index < -0.39 is 0 Å². The van der Waals surface area contributed by atoms with Crippen molar-refractivity contribution in [2.75, 3.05) is 13.2 Å². The standard InChI is InChI=1S/C32H50O4/c1-31(2,36-30-15-6-9-24-34-30)19-7-4-11-26-12-10-13-27(25-26)16-20-32(3)21-17-28(18-22-32)35-29-14-5-8-23-33-29/h10,12-13,16,20,25,28-30H,4-9,11,14-15,17-19,21-24H2,1-3H3/b20-16+. The molecule has 202 valence electrons. The van der Waals surface area contributed by atoms with Gasteiger partial charge in [0.05, 0.1) is 11.7 Å². The lowest BCUT2D eigenvalue weighted by molar-refractivity contribution is -0.217. The van der Waals surface area contributed by atoms with E-state index in [0.717, 1.165) is 51.7 Å². The van der Waals surface area contributed by atoms with Gasteiger partial charge in [-0.2, -0.15) is 0 Å². The predicted molar refractivity (Wildman–Crippen MR) is 147 cm³/mol. The molecule has 0 radical (unpaired) electrons. The number of allylic oxidation sites excluding steroid dienone is 1. The highest BCUT2D eigenvalue weighted by Crippen LogP contribution is 2.39. The van der Waals surface area contributed by atoms with Crippen molar-refractivity contribution in [3.05, 3.63) is 41.5 Å². The average molecular weight is 499 g/mol. The van der Waals surface area contributed by atoms with Gasteiger partial charge in [-0.1, -0.05) is 49.8 Å². The molecule has 2 saturated heterocycles. The van der Waals surface area contributed by atoms with Crippen molar-refractivity contribution in [3.63, 3.8) is 0 Å².